The summed E-state index contributed by atoms with van der Waals surface area (Å²) in [5, 5.41) is 18.7. The highest BCUT2D eigenvalue weighted by Crippen LogP contribution is 2.35. The van der Waals surface area contributed by atoms with Crippen LogP contribution >= 0.6 is 11.6 Å². The van der Waals surface area contributed by atoms with Gasteiger partial charge in [0.05, 0.1) is 40.5 Å². The van der Waals surface area contributed by atoms with Crippen molar-refractivity contribution >= 4 is 21.4 Å². The molecule has 1 unspecified atom stereocenters. The van der Waals surface area contributed by atoms with Gasteiger partial charge in [0, 0.05) is 29.0 Å². The van der Waals surface area contributed by atoms with Gasteiger partial charge in [0.15, 0.2) is 9.84 Å². The third-order valence-electron chi connectivity index (χ3n) is 7.11. The number of hydrogen-bond acceptors (Lipinski definition) is 6. The zero-order chi connectivity index (χ0) is 28.8. The van der Waals surface area contributed by atoms with Crippen molar-refractivity contribution in [1.29, 1.82) is 0 Å². The summed E-state index contributed by atoms with van der Waals surface area (Å²) < 4.78 is 28.9. The Morgan fingerprint density at radius 3 is 2.33 bits per heavy atom. The molecule has 0 aliphatic rings. The maximum Gasteiger partial charge on any atom is 0.175 e. The maximum atomic E-state index is 12.6. The van der Waals surface area contributed by atoms with E-state index in [1.165, 1.54) is 5.56 Å². The third-order valence-corrected chi connectivity index (χ3v) is 8.61. The zero-order valence-corrected chi connectivity index (χ0v) is 24.5. The minimum atomic E-state index is -3.64. The van der Waals surface area contributed by atoms with Gasteiger partial charge in [-0.2, -0.15) is 0 Å². The summed E-state index contributed by atoms with van der Waals surface area (Å²) in [7, 11) is -3.64. The lowest BCUT2D eigenvalue weighted by atomic mass is 9.97. The molecule has 0 fully saturated rings. The molecule has 0 amide bonds. The van der Waals surface area contributed by atoms with Crippen molar-refractivity contribution in [1.82, 2.24) is 24.5 Å². The fraction of sp³-hybridized carbons (Fsp3) is 0.233. The van der Waals surface area contributed by atoms with Crippen molar-refractivity contribution in [2.24, 2.45) is 0 Å². The average molecular weight is 576 g/mol. The van der Waals surface area contributed by atoms with Crippen molar-refractivity contribution in [2.75, 3.05) is 6.26 Å². The number of nitrogens with zero attached hydrogens (tertiary/aromatic N) is 5. The predicted octanol–water partition coefficient (Wildman–Crippen LogP) is 5.75. The van der Waals surface area contributed by atoms with Crippen LogP contribution in [0.1, 0.15) is 46.7 Å². The molecular formula is C30H30ClN5O3S. The monoisotopic (exact) mass is 575 g/mol. The van der Waals surface area contributed by atoms with Gasteiger partial charge in [-0.05, 0) is 61.7 Å². The molecule has 0 aliphatic heterocycles. The number of aryl methyl sites for hydroxylation is 3. The molecule has 0 bridgehead atoms. The standard InChI is InChI=1S/C30H30ClN5O3S/c1-18-6-8-22(9-7-18)20(3)29-15-32-34-36(29)28-13-23(10-11-27(28)35-16-19(2)33-21(35)4)24-12-26(31)25(17-37)30(14-24)40(5,38)39/h6-16,20,37H,17H2,1-5H3. The third kappa shape index (κ3) is 5.20. The number of benzene rings is 3. The van der Waals surface area contributed by atoms with Gasteiger partial charge in [-0.1, -0.05) is 59.6 Å². The second-order valence-corrected chi connectivity index (χ2v) is 12.5. The number of halogens is 1. The lowest BCUT2D eigenvalue weighted by Gasteiger charge is -2.19. The van der Waals surface area contributed by atoms with Gasteiger partial charge in [0.1, 0.15) is 5.82 Å². The number of sulfone groups is 1. The van der Waals surface area contributed by atoms with Crippen LogP contribution in [0.3, 0.4) is 0 Å². The molecule has 1 N–H and O–H groups in total. The Kier molecular flexibility index (Phi) is 7.39. The summed E-state index contributed by atoms with van der Waals surface area (Å²) in [5.74, 6) is 0.808. The second kappa shape index (κ2) is 10.6. The fourth-order valence-electron chi connectivity index (χ4n) is 4.95. The number of aromatic nitrogens is 5. The molecule has 0 saturated heterocycles. The Morgan fingerprint density at radius 1 is 0.975 bits per heavy atom. The van der Waals surface area contributed by atoms with Crippen LogP contribution in [-0.2, 0) is 16.4 Å². The molecule has 0 aliphatic carbocycles. The molecule has 0 spiro atoms. The number of imidazole rings is 1. The molecule has 0 saturated carbocycles. The second-order valence-electron chi connectivity index (χ2n) is 10.1. The SMILES string of the molecule is Cc1ccc(C(C)c2cnnn2-c2cc(-c3cc(Cl)c(CO)c(S(C)(=O)=O)c3)ccc2-n2cc(C)nc2C)cc1. The van der Waals surface area contributed by atoms with E-state index < -0.39 is 16.4 Å². The lowest BCUT2D eigenvalue weighted by Crippen LogP contribution is -2.11. The highest BCUT2D eigenvalue weighted by Gasteiger charge is 2.22. The summed E-state index contributed by atoms with van der Waals surface area (Å²) >= 11 is 6.46. The molecular weight excluding hydrogens is 546 g/mol. The Bertz CT molecular complexity index is 1820. The molecule has 5 aromatic rings. The van der Waals surface area contributed by atoms with Gasteiger partial charge in [-0.3, -0.25) is 0 Å². The van der Waals surface area contributed by atoms with Crippen molar-refractivity contribution in [3.8, 4) is 22.5 Å². The first-order valence-electron chi connectivity index (χ1n) is 12.8. The van der Waals surface area contributed by atoms with Crippen LogP contribution in [0, 0.1) is 20.8 Å². The molecule has 40 heavy (non-hydrogen) atoms. The molecule has 2 aromatic heterocycles. The van der Waals surface area contributed by atoms with Gasteiger partial charge in [-0.25, -0.2) is 18.1 Å². The largest absolute Gasteiger partial charge is 0.392 e. The first-order chi connectivity index (χ1) is 19.0. The van der Waals surface area contributed by atoms with E-state index in [1.807, 2.05) is 47.5 Å². The van der Waals surface area contributed by atoms with Crippen molar-refractivity contribution in [3.05, 3.63) is 106 Å². The highest BCUT2D eigenvalue weighted by atomic mass is 35.5. The van der Waals surface area contributed by atoms with Crippen LogP contribution in [0.15, 0.2) is 71.9 Å². The first kappa shape index (κ1) is 27.8. The van der Waals surface area contributed by atoms with Crippen LogP contribution in [0.2, 0.25) is 5.02 Å². The van der Waals surface area contributed by atoms with E-state index in [0.29, 0.717) is 5.56 Å². The molecule has 5 rings (SSSR count). The summed E-state index contributed by atoms with van der Waals surface area (Å²) in [6.45, 7) is 7.57. The maximum absolute atomic E-state index is 12.6. The Labute approximate surface area is 238 Å². The topological polar surface area (TPSA) is 103 Å². The van der Waals surface area contributed by atoms with Gasteiger partial charge < -0.3 is 9.67 Å². The van der Waals surface area contributed by atoms with E-state index in [9.17, 15) is 13.5 Å². The Morgan fingerprint density at radius 2 is 1.70 bits per heavy atom. The quantitative estimate of drug-likeness (QED) is 0.265. The van der Waals surface area contributed by atoms with Crippen LogP contribution in [-0.4, -0.2) is 44.3 Å². The van der Waals surface area contributed by atoms with E-state index in [-0.39, 0.29) is 21.4 Å². The van der Waals surface area contributed by atoms with E-state index in [2.05, 4.69) is 53.4 Å². The van der Waals surface area contributed by atoms with Crippen LogP contribution < -0.4 is 0 Å². The van der Waals surface area contributed by atoms with Crippen LogP contribution in [0.25, 0.3) is 22.5 Å². The molecule has 3 aromatic carbocycles. The normalized spacial score (nSPS) is 12.6. The number of rotatable bonds is 7. The number of aliphatic hydroxyl groups is 1. The number of aliphatic hydroxyl groups excluding tert-OH is 1. The summed E-state index contributed by atoms with van der Waals surface area (Å²) in [6.07, 6.45) is 4.83. The van der Waals surface area contributed by atoms with Crippen LogP contribution in [0.5, 0.6) is 0 Å². The van der Waals surface area contributed by atoms with Crippen molar-refractivity contribution < 1.29 is 13.5 Å². The first-order valence-corrected chi connectivity index (χ1v) is 15.0. The van der Waals surface area contributed by atoms with Crippen molar-refractivity contribution in [3.63, 3.8) is 0 Å². The fourth-order valence-corrected chi connectivity index (χ4v) is 6.25. The smallest absolute Gasteiger partial charge is 0.175 e. The summed E-state index contributed by atoms with van der Waals surface area (Å²) in [6, 6.07) is 17.4. The minimum absolute atomic E-state index is 0.00126. The van der Waals surface area contributed by atoms with Crippen molar-refractivity contribution in [2.45, 2.75) is 45.1 Å². The lowest BCUT2D eigenvalue weighted by molar-refractivity contribution is 0.278. The predicted molar refractivity (Wildman–Crippen MR) is 156 cm³/mol. The summed E-state index contributed by atoms with van der Waals surface area (Å²) in [5.41, 5.74) is 7.18. The van der Waals surface area contributed by atoms with Gasteiger partial charge in [0.2, 0.25) is 0 Å². The molecule has 206 valence electrons. The average Bonchev–Trinajstić information content (AvgIpc) is 3.53. The summed E-state index contributed by atoms with van der Waals surface area (Å²) in [4.78, 5) is 4.58. The highest BCUT2D eigenvalue weighted by molar-refractivity contribution is 7.90. The van der Waals surface area contributed by atoms with Gasteiger partial charge >= 0.3 is 0 Å². The van der Waals surface area contributed by atoms with E-state index >= 15 is 0 Å². The van der Waals surface area contributed by atoms with E-state index in [4.69, 9.17) is 11.6 Å². The molecule has 8 nitrogen and oxygen atoms in total. The molecule has 10 heteroatoms. The number of hydrogen-bond donors (Lipinski definition) is 1. The van der Waals surface area contributed by atoms with E-state index in [1.54, 1.807) is 18.3 Å². The zero-order valence-electron chi connectivity index (χ0n) is 22.9. The van der Waals surface area contributed by atoms with Gasteiger partial charge in [0.25, 0.3) is 0 Å². The van der Waals surface area contributed by atoms with E-state index in [0.717, 1.165) is 46.0 Å². The molecule has 1 atom stereocenters. The Balaban J connectivity index is 1.73. The van der Waals surface area contributed by atoms with Gasteiger partial charge in [-0.15, -0.1) is 5.10 Å². The molecule has 2 heterocycles. The molecule has 0 radical (unpaired) electrons. The van der Waals surface area contributed by atoms with Crippen LogP contribution in [0.4, 0.5) is 0 Å². The Hall–Kier alpha value is -3.79. The minimum Gasteiger partial charge on any atom is -0.392 e.